The highest BCUT2D eigenvalue weighted by Crippen LogP contribution is 2.44. The van der Waals surface area contributed by atoms with E-state index < -0.39 is 5.97 Å². The molecule has 1 N–H and O–H groups in total. The predicted molar refractivity (Wildman–Crippen MR) is 111 cm³/mol. The Bertz CT molecular complexity index is 991. The molecule has 3 aromatic rings. The lowest BCUT2D eigenvalue weighted by atomic mass is 9.98. The zero-order chi connectivity index (χ0) is 20.2. The first kappa shape index (κ1) is 18.9. The molecule has 0 fully saturated rings. The first-order valence-corrected chi connectivity index (χ1v) is 9.75. The molecule has 4 heteroatoms. The molecule has 0 amide bonds. The van der Waals surface area contributed by atoms with Crippen molar-refractivity contribution in [2.24, 2.45) is 0 Å². The minimum atomic E-state index is -0.851. The van der Waals surface area contributed by atoms with Crippen LogP contribution >= 0.6 is 0 Å². The summed E-state index contributed by atoms with van der Waals surface area (Å²) in [5, 5.41) is 8.82. The van der Waals surface area contributed by atoms with Crippen LogP contribution in [0.2, 0.25) is 0 Å². The maximum atomic E-state index is 12.3. The molecule has 1 aliphatic rings. The Morgan fingerprint density at radius 1 is 0.793 bits per heavy atom. The van der Waals surface area contributed by atoms with Crippen molar-refractivity contribution in [1.82, 2.24) is 0 Å². The number of carbonyl (C=O) groups excluding carboxylic acids is 1. The number of aryl methyl sites for hydroxylation is 1. The first-order chi connectivity index (χ1) is 14.1. The minimum absolute atomic E-state index is 0.00661. The summed E-state index contributed by atoms with van der Waals surface area (Å²) >= 11 is 0. The Balaban J connectivity index is 1.35. The molecular weight excluding hydrogens is 364 g/mol. The average molecular weight is 386 g/mol. The number of rotatable bonds is 7. The number of carboxylic acids is 1. The van der Waals surface area contributed by atoms with Gasteiger partial charge in [-0.05, 0) is 39.8 Å². The Morgan fingerprint density at radius 3 is 1.93 bits per heavy atom. The van der Waals surface area contributed by atoms with Gasteiger partial charge in [-0.2, -0.15) is 0 Å². The summed E-state index contributed by atoms with van der Waals surface area (Å²) in [7, 11) is 0. The lowest BCUT2D eigenvalue weighted by Crippen LogP contribution is -2.13. The Hall–Kier alpha value is -3.40. The first-order valence-electron chi connectivity index (χ1n) is 9.75. The third-order valence-corrected chi connectivity index (χ3v) is 5.37. The van der Waals surface area contributed by atoms with Gasteiger partial charge in [-0.3, -0.25) is 9.59 Å². The summed E-state index contributed by atoms with van der Waals surface area (Å²) in [5.74, 6) is -1.00. The molecule has 1 aliphatic carbocycles. The van der Waals surface area contributed by atoms with Crippen LogP contribution in [0.3, 0.4) is 0 Å². The maximum Gasteiger partial charge on any atom is 0.307 e. The standard InChI is InChI=1S/C25H22O4/c26-24(27)15-18-11-9-17(10-12-18)13-14-25(28)29-16-23-21-7-3-1-5-19(21)20-6-2-4-8-22(20)23/h1-12,23H,13-16H2,(H,26,27). The molecule has 0 spiro atoms. The number of ether oxygens (including phenoxy) is 1. The van der Waals surface area contributed by atoms with Gasteiger partial charge in [-0.25, -0.2) is 0 Å². The second-order valence-corrected chi connectivity index (χ2v) is 7.30. The van der Waals surface area contributed by atoms with Crippen LogP contribution in [0.4, 0.5) is 0 Å². The van der Waals surface area contributed by atoms with Crippen molar-refractivity contribution in [3.8, 4) is 11.1 Å². The number of benzene rings is 3. The Morgan fingerprint density at radius 2 is 1.34 bits per heavy atom. The fourth-order valence-corrected chi connectivity index (χ4v) is 3.93. The molecule has 29 heavy (non-hydrogen) atoms. The van der Waals surface area contributed by atoms with Crippen LogP contribution < -0.4 is 0 Å². The molecular formula is C25H22O4. The molecule has 0 bridgehead atoms. The van der Waals surface area contributed by atoms with Crippen LogP contribution in [-0.4, -0.2) is 23.7 Å². The quantitative estimate of drug-likeness (QED) is 0.603. The van der Waals surface area contributed by atoms with Crippen molar-refractivity contribution in [2.75, 3.05) is 6.61 Å². The number of fused-ring (bicyclic) bond motifs is 3. The van der Waals surface area contributed by atoms with Crippen LogP contribution in [0.15, 0.2) is 72.8 Å². The SMILES string of the molecule is O=C(O)Cc1ccc(CCC(=O)OCC2c3ccccc3-c3ccccc32)cc1. The number of esters is 1. The van der Waals surface area contributed by atoms with E-state index in [2.05, 4.69) is 24.3 Å². The minimum Gasteiger partial charge on any atom is -0.481 e. The summed E-state index contributed by atoms with van der Waals surface area (Å²) in [6, 6.07) is 23.9. The molecule has 4 rings (SSSR count). The van der Waals surface area contributed by atoms with E-state index in [1.54, 1.807) is 12.1 Å². The zero-order valence-corrected chi connectivity index (χ0v) is 16.0. The third kappa shape index (κ3) is 4.21. The van der Waals surface area contributed by atoms with Gasteiger partial charge in [-0.1, -0.05) is 72.8 Å². The highest BCUT2D eigenvalue weighted by molar-refractivity contribution is 5.79. The number of hydrogen-bond acceptors (Lipinski definition) is 3. The highest BCUT2D eigenvalue weighted by Gasteiger charge is 2.28. The lowest BCUT2D eigenvalue weighted by Gasteiger charge is -2.14. The normalized spacial score (nSPS) is 12.3. The summed E-state index contributed by atoms with van der Waals surface area (Å²) in [5.41, 5.74) is 6.58. The van der Waals surface area contributed by atoms with E-state index in [0.717, 1.165) is 11.1 Å². The van der Waals surface area contributed by atoms with E-state index in [1.807, 2.05) is 36.4 Å². The maximum absolute atomic E-state index is 12.3. The van der Waals surface area contributed by atoms with Crippen molar-refractivity contribution in [3.05, 3.63) is 95.1 Å². The van der Waals surface area contributed by atoms with Gasteiger partial charge in [0.15, 0.2) is 0 Å². The molecule has 0 heterocycles. The number of aliphatic carboxylic acids is 1. The summed E-state index contributed by atoms with van der Waals surface area (Å²) in [6.45, 7) is 0.338. The molecule has 0 saturated heterocycles. The van der Waals surface area contributed by atoms with Crippen molar-refractivity contribution in [1.29, 1.82) is 0 Å². The molecule has 0 atom stereocenters. The second kappa shape index (κ2) is 8.31. The number of carbonyl (C=O) groups is 2. The van der Waals surface area contributed by atoms with E-state index in [0.29, 0.717) is 19.4 Å². The van der Waals surface area contributed by atoms with Crippen molar-refractivity contribution >= 4 is 11.9 Å². The Kier molecular flexibility index (Phi) is 5.43. The summed E-state index contributed by atoms with van der Waals surface area (Å²) in [6.07, 6.45) is 0.880. The summed E-state index contributed by atoms with van der Waals surface area (Å²) in [4.78, 5) is 23.1. The van der Waals surface area contributed by atoms with Crippen LogP contribution in [0.25, 0.3) is 11.1 Å². The molecule has 4 nitrogen and oxygen atoms in total. The lowest BCUT2D eigenvalue weighted by molar-refractivity contribution is -0.144. The molecule has 0 radical (unpaired) electrons. The molecule has 3 aromatic carbocycles. The Labute approximate surface area is 169 Å². The molecule has 146 valence electrons. The summed E-state index contributed by atoms with van der Waals surface area (Å²) < 4.78 is 5.62. The van der Waals surface area contributed by atoms with Gasteiger partial charge in [0.2, 0.25) is 0 Å². The van der Waals surface area contributed by atoms with Crippen LogP contribution in [0, 0.1) is 0 Å². The zero-order valence-electron chi connectivity index (χ0n) is 16.0. The van der Waals surface area contributed by atoms with Gasteiger partial charge in [0, 0.05) is 12.3 Å². The third-order valence-electron chi connectivity index (χ3n) is 5.37. The number of carboxylic acid groups (broad SMARTS) is 1. The van der Waals surface area contributed by atoms with Gasteiger partial charge in [0.25, 0.3) is 0 Å². The monoisotopic (exact) mass is 386 g/mol. The van der Waals surface area contributed by atoms with E-state index in [9.17, 15) is 9.59 Å². The van der Waals surface area contributed by atoms with Crippen molar-refractivity contribution < 1.29 is 19.4 Å². The van der Waals surface area contributed by atoms with Gasteiger partial charge < -0.3 is 9.84 Å². The largest absolute Gasteiger partial charge is 0.481 e. The van der Waals surface area contributed by atoms with E-state index in [-0.39, 0.29) is 18.3 Å². The van der Waals surface area contributed by atoms with Gasteiger partial charge in [0.05, 0.1) is 6.42 Å². The van der Waals surface area contributed by atoms with Crippen molar-refractivity contribution in [2.45, 2.75) is 25.2 Å². The van der Waals surface area contributed by atoms with Crippen LogP contribution in [-0.2, 0) is 27.2 Å². The van der Waals surface area contributed by atoms with Gasteiger partial charge in [-0.15, -0.1) is 0 Å². The van der Waals surface area contributed by atoms with Crippen LogP contribution in [0.5, 0.6) is 0 Å². The van der Waals surface area contributed by atoms with Crippen molar-refractivity contribution in [3.63, 3.8) is 0 Å². The predicted octanol–water partition coefficient (Wildman–Crippen LogP) is 4.60. The van der Waals surface area contributed by atoms with E-state index in [4.69, 9.17) is 9.84 Å². The van der Waals surface area contributed by atoms with Crippen LogP contribution in [0.1, 0.15) is 34.6 Å². The molecule has 0 unspecified atom stereocenters. The number of hydrogen-bond donors (Lipinski definition) is 1. The molecule has 0 aromatic heterocycles. The average Bonchev–Trinajstić information content (AvgIpc) is 3.05. The van der Waals surface area contributed by atoms with E-state index >= 15 is 0 Å². The van der Waals surface area contributed by atoms with Gasteiger partial charge in [0.1, 0.15) is 6.61 Å². The second-order valence-electron chi connectivity index (χ2n) is 7.30. The molecule has 0 saturated carbocycles. The smallest absolute Gasteiger partial charge is 0.307 e. The van der Waals surface area contributed by atoms with Gasteiger partial charge >= 0.3 is 11.9 Å². The highest BCUT2D eigenvalue weighted by atomic mass is 16.5. The topological polar surface area (TPSA) is 63.6 Å². The fourth-order valence-electron chi connectivity index (χ4n) is 3.93. The fraction of sp³-hybridized carbons (Fsp3) is 0.200. The molecule has 0 aliphatic heterocycles. The van der Waals surface area contributed by atoms with E-state index in [1.165, 1.54) is 22.3 Å².